The predicted octanol–water partition coefficient (Wildman–Crippen LogP) is 3.45. The first-order valence-corrected chi connectivity index (χ1v) is 6.08. The van der Waals surface area contributed by atoms with Gasteiger partial charge in [-0.25, -0.2) is 0 Å². The highest BCUT2D eigenvalue weighted by atomic mass is 79.9. The quantitative estimate of drug-likeness (QED) is 0.801. The molecule has 1 fully saturated rings. The Morgan fingerprint density at radius 1 is 1.54 bits per heavy atom. The van der Waals surface area contributed by atoms with E-state index in [4.69, 9.17) is 0 Å². The molecule has 1 aliphatic carbocycles. The van der Waals surface area contributed by atoms with Gasteiger partial charge < -0.3 is 5.32 Å². The minimum Gasteiger partial charge on any atom is -0.309 e. The van der Waals surface area contributed by atoms with Gasteiger partial charge in [-0.15, -0.1) is 0 Å². The van der Waals surface area contributed by atoms with Gasteiger partial charge in [0.1, 0.15) is 0 Å². The molecule has 0 saturated heterocycles. The number of hydrogen-bond donors (Lipinski definition) is 1. The van der Waals surface area contributed by atoms with Crippen molar-refractivity contribution in [1.29, 1.82) is 0 Å². The summed E-state index contributed by atoms with van der Waals surface area (Å²) < 4.78 is 1.06. The van der Waals surface area contributed by atoms with Gasteiger partial charge in [0.25, 0.3) is 0 Å². The number of rotatable bonds is 4. The monoisotopic (exact) mass is 245 g/mol. The maximum absolute atomic E-state index is 3.83. The molecule has 1 rings (SSSR count). The van der Waals surface area contributed by atoms with Gasteiger partial charge in [-0.2, -0.15) is 0 Å². The number of halogens is 1. The van der Waals surface area contributed by atoms with Crippen LogP contribution in [0.5, 0.6) is 0 Å². The van der Waals surface area contributed by atoms with Gasteiger partial charge in [-0.1, -0.05) is 48.7 Å². The third kappa shape index (κ3) is 4.28. The standard InChI is InChI=1S/C11H20BrN/c1-3-10-5-4-6-11(7-10)13-8-9(2)12/h10-11,13H,2-8H2,1H3. The van der Waals surface area contributed by atoms with Gasteiger partial charge >= 0.3 is 0 Å². The van der Waals surface area contributed by atoms with E-state index in [1.807, 2.05) is 0 Å². The molecule has 0 spiro atoms. The van der Waals surface area contributed by atoms with Crippen molar-refractivity contribution in [3.05, 3.63) is 11.1 Å². The summed E-state index contributed by atoms with van der Waals surface area (Å²) in [5.74, 6) is 0.954. The molecular weight excluding hydrogens is 226 g/mol. The van der Waals surface area contributed by atoms with Crippen molar-refractivity contribution in [3.63, 3.8) is 0 Å². The van der Waals surface area contributed by atoms with Crippen LogP contribution in [0.15, 0.2) is 11.1 Å². The van der Waals surface area contributed by atoms with Crippen molar-refractivity contribution in [2.24, 2.45) is 5.92 Å². The lowest BCUT2D eigenvalue weighted by atomic mass is 9.84. The van der Waals surface area contributed by atoms with E-state index in [0.717, 1.165) is 23.0 Å². The van der Waals surface area contributed by atoms with Gasteiger partial charge in [0, 0.05) is 17.1 Å². The van der Waals surface area contributed by atoms with Gasteiger partial charge in [-0.3, -0.25) is 0 Å². The Bertz CT molecular complexity index is 167. The molecule has 2 unspecified atom stereocenters. The Morgan fingerprint density at radius 2 is 2.31 bits per heavy atom. The highest BCUT2D eigenvalue weighted by Crippen LogP contribution is 2.26. The van der Waals surface area contributed by atoms with Gasteiger partial charge in [-0.05, 0) is 18.8 Å². The van der Waals surface area contributed by atoms with Crippen molar-refractivity contribution in [2.75, 3.05) is 6.54 Å². The average molecular weight is 246 g/mol. The highest BCUT2D eigenvalue weighted by molar-refractivity contribution is 9.11. The van der Waals surface area contributed by atoms with Crippen LogP contribution in [0.4, 0.5) is 0 Å². The molecule has 0 amide bonds. The molecule has 1 nitrogen and oxygen atoms in total. The minimum absolute atomic E-state index is 0.730. The SMILES string of the molecule is C=C(Br)CNC1CCCC(CC)C1. The van der Waals surface area contributed by atoms with E-state index in [1.54, 1.807) is 0 Å². The third-order valence-electron chi connectivity index (χ3n) is 2.94. The molecule has 1 aliphatic rings. The molecule has 0 aromatic rings. The van der Waals surface area contributed by atoms with E-state index in [1.165, 1.54) is 32.1 Å². The predicted molar refractivity (Wildman–Crippen MR) is 62.1 cm³/mol. The average Bonchev–Trinajstić information content (AvgIpc) is 2.15. The van der Waals surface area contributed by atoms with E-state index in [-0.39, 0.29) is 0 Å². The van der Waals surface area contributed by atoms with Crippen LogP contribution >= 0.6 is 15.9 Å². The first kappa shape index (κ1) is 11.3. The minimum atomic E-state index is 0.730. The van der Waals surface area contributed by atoms with Crippen molar-refractivity contribution >= 4 is 15.9 Å². The topological polar surface area (TPSA) is 12.0 Å². The zero-order chi connectivity index (χ0) is 9.68. The first-order valence-electron chi connectivity index (χ1n) is 5.29. The van der Waals surface area contributed by atoms with Crippen molar-refractivity contribution < 1.29 is 0 Å². The Morgan fingerprint density at radius 3 is 2.92 bits per heavy atom. The number of nitrogens with one attached hydrogen (secondary N) is 1. The molecule has 0 bridgehead atoms. The maximum atomic E-state index is 3.83. The summed E-state index contributed by atoms with van der Waals surface area (Å²) >= 11 is 3.38. The molecule has 13 heavy (non-hydrogen) atoms. The fourth-order valence-corrected chi connectivity index (χ4v) is 2.26. The fraction of sp³-hybridized carbons (Fsp3) is 0.818. The van der Waals surface area contributed by atoms with Crippen LogP contribution < -0.4 is 5.32 Å². The van der Waals surface area contributed by atoms with Crippen LogP contribution in [-0.4, -0.2) is 12.6 Å². The smallest absolute Gasteiger partial charge is 0.0268 e. The molecule has 1 N–H and O–H groups in total. The third-order valence-corrected chi connectivity index (χ3v) is 3.22. The highest BCUT2D eigenvalue weighted by Gasteiger charge is 2.19. The van der Waals surface area contributed by atoms with Gasteiger partial charge in [0.05, 0.1) is 0 Å². The molecule has 2 heteroatoms. The van der Waals surface area contributed by atoms with Crippen LogP contribution in [0, 0.1) is 5.92 Å². The molecule has 0 aromatic heterocycles. The van der Waals surface area contributed by atoms with E-state index < -0.39 is 0 Å². The summed E-state index contributed by atoms with van der Waals surface area (Å²) in [4.78, 5) is 0. The van der Waals surface area contributed by atoms with Crippen LogP contribution in [0.2, 0.25) is 0 Å². The Kier molecular flexibility index (Phi) is 5.04. The Balaban J connectivity index is 2.21. The maximum Gasteiger partial charge on any atom is 0.0268 e. The zero-order valence-electron chi connectivity index (χ0n) is 8.48. The summed E-state index contributed by atoms with van der Waals surface area (Å²) in [7, 11) is 0. The van der Waals surface area contributed by atoms with E-state index in [9.17, 15) is 0 Å². The second kappa shape index (κ2) is 5.82. The molecule has 0 aromatic carbocycles. The fourth-order valence-electron chi connectivity index (χ4n) is 2.10. The van der Waals surface area contributed by atoms with Gasteiger partial charge in [0.15, 0.2) is 0 Å². The lowest BCUT2D eigenvalue weighted by Crippen LogP contribution is -2.34. The van der Waals surface area contributed by atoms with Crippen LogP contribution in [0.3, 0.4) is 0 Å². The molecule has 76 valence electrons. The summed E-state index contributed by atoms with van der Waals surface area (Å²) in [5.41, 5.74) is 0. The summed E-state index contributed by atoms with van der Waals surface area (Å²) in [6.07, 6.45) is 6.87. The van der Waals surface area contributed by atoms with E-state index in [2.05, 4.69) is 34.7 Å². The van der Waals surface area contributed by atoms with Crippen LogP contribution in [0.1, 0.15) is 39.0 Å². The second-order valence-electron chi connectivity index (χ2n) is 4.04. The molecule has 2 atom stereocenters. The largest absolute Gasteiger partial charge is 0.309 e. The van der Waals surface area contributed by atoms with Crippen molar-refractivity contribution in [2.45, 2.75) is 45.1 Å². The van der Waals surface area contributed by atoms with Crippen molar-refractivity contribution in [1.82, 2.24) is 5.32 Å². The lowest BCUT2D eigenvalue weighted by Gasteiger charge is -2.29. The zero-order valence-corrected chi connectivity index (χ0v) is 10.1. The molecule has 0 radical (unpaired) electrons. The molecule has 1 saturated carbocycles. The summed E-state index contributed by atoms with van der Waals surface area (Å²) in [6.45, 7) is 7.05. The molecule has 0 aliphatic heterocycles. The Labute approximate surface area is 90.1 Å². The second-order valence-corrected chi connectivity index (χ2v) is 5.16. The van der Waals surface area contributed by atoms with E-state index >= 15 is 0 Å². The number of hydrogen-bond acceptors (Lipinski definition) is 1. The van der Waals surface area contributed by atoms with Gasteiger partial charge in [0.2, 0.25) is 0 Å². The molecule has 0 heterocycles. The summed E-state index contributed by atoms with van der Waals surface area (Å²) in [6, 6.07) is 0.730. The van der Waals surface area contributed by atoms with Crippen molar-refractivity contribution in [3.8, 4) is 0 Å². The van der Waals surface area contributed by atoms with Crippen LogP contribution in [0.25, 0.3) is 0 Å². The summed E-state index contributed by atoms with van der Waals surface area (Å²) in [5, 5.41) is 3.54. The van der Waals surface area contributed by atoms with E-state index in [0.29, 0.717) is 0 Å². The lowest BCUT2D eigenvalue weighted by molar-refractivity contribution is 0.284. The normalized spacial score (nSPS) is 28.8. The Hall–Kier alpha value is 0.180. The first-order chi connectivity index (χ1) is 6.22. The van der Waals surface area contributed by atoms with Crippen LogP contribution in [-0.2, 0) is 0 Å². The molecular formula is C11H20BrN.